The molecule has 0 spiro atoms. The number of nitrogens with zero attached hydrogens (tertiary/aromatic N) is 5. The van der Waals surface area contributed by atoms with Crippen LogP contribution in [0.2, 0.25) is 0 Å². The molecule has 0 saturated carbocycles. The highest BCUT2D eigenvalue weighted by molar-refractivity contribution is 5.97. The van der Waals surface area contributed by atoms with Crippen LogP contribution in [0.4, 0.5) is 11.6 Å². The largest absolute Gasteiger partial charge is 0.352 e. The minimum Gasteiger partial charge on any atom is -0.352 e. The van der Waals surface area contributed by atoms with Gasteiger partial charge in [-0.15, -0.1) is 0 Å². The molecule has 2 saturated heterocycles. The molecule has 30 heavy (non-hydrogen) atoms. The Morgan fingerprint density at radius 3 is 2.40 bits per heavy atom. The van der Waals surface area contributed by atoms with Crippen molar-refractivity contribution in [2.24, 2.45) is 0 Å². The van der Waals surface area contributed by atoms with Gasteiger partial charge in [0.05, 0.1) is 0 Å². The zero-order chi connectivity index (χ0) is 20.8. The highest BCUT2D eigenvalue weighted by atomic mass is 16.2. The Labute approximate surface area is 176 Å². The normalized spacial score (nSPS) is 17.4. The molecule has 2 aromatic rings. The summed E-state index contributed by atoms with van der Waals surface area (Å²) in [6.45, 7) is 6.15. The van der Waals surface area contributed by atoms with Gasteiger partial charge in [-0.1, -0.05) is 0 Å². The quantitative estimate of drug-likeness (QED) is 0.700. The molecule has 0 aliphatic carbocycles. The third kappa shape index (κ3) is 4.94. The minimum atomic E-state index is -0.0691. The van der Waals surface area contributed by atoms with Crippen LogP contribution in [0.15, 0.2) is 42.7 Å². The van der Waals surface area contributed by atoms with Crippen LogP contribution in [0.25, 0.3) is 0 Å². The second-order valence-electron chi connectivity index (χ2n) is 7.68. The number of anilines is 2. The maximum Gasteiger partial charge on any atom is 0.251 e. The van der Waals surface area contributed by atoms with E-state index >= 15 is 0 Å². The maximum absolute atomic E-state index is 12.4. The Morgan fingerprint density at radius 1 is 1.00 bits per heavy atom. The molecule has 2 fully saturated rings. The summed E-state index contributed by atoms with van der Waals surface area (Å²) in [6, 6.07) is 9.13. The smallest absolute Gasteiger partial charge is 0.251 e. The van der Waals surface area contributed by atoms with Crippen molar-refractivity contribution in [3.8, 4) is 0 Å². The second-order valence-corrected chi connectivity index (χ2v) is 7.68. The number of piperazine rings is 1. The Kier molecular flexibility index (Phi) is 6.53. The van der Waals surface area contributed by atoms with E-state index in [1.807, 2.05) is 18.2 Å². The molecule has 158 valence electrons. The van der Waals surface area contributed by atoms with Crippen molar-refractivity contribution in [1.29, 1.82) is 0 Å². The fraction of sp³-hybridized carbons (Fsp3) is 0.455. The molecule has 2 amide bonds. The maximum atomic E-state index is 12.4. The lowest BCUT2D eigenvalue weighted by molar-refractivity contribution is -0.117. The molecular weight excluding hydrogens is 380 g/mol. The summed E-state index contributed by atoms with van der Waals surface area (Å²) < 4.78 is 0. The number of nitrogens with one attached hydrogen (secondary N) is 1. The van der Waals surface area contributed by atoms with Crippen molar-refractivity contribution < 1.29 is 9.59 Å². The first-order valence-corrected chi connectivity index (χ1v) is 10.6. The molecule has 3 heterocycles. The van der Waals surface area contributed by atoms with Gasteiger partial charge in [0.2, 0.25) is 11.9 Å². The SMILES string of the molecule is O=C(NCCCN1CCN(c2ncccn2)CC1)c1ccc(N2CCCC2=O)cc1. The Morgan fingerprint density at radius 2 is 1.73 bits per heavy atom. The standard InChI is InChI=1S/C22H28N6O2/c29-20-4-1-13-28(20)19-7-5-18(6-8-19)21(30)23-11-3-12-26-14-16-27(17-15-26)22-24-9-2-10-25-22/h2,5-10H,1,3-4,11-17H2,(H,23,30). The number of benzene rings is 1. The topological polar surface area (TPSA) is 81.7 Å². The molecule has 2 aliphatic rings. The van der Waals surface area contributed by atoms with Crippen molar-refractivity contribution in [2.75, 3.05) is 55.6 Å². The summed E-state index contributed by atoms with van der Waals surface area (Å²) in [5.41, 5.74) is 1.50. The molecule has 8 nitrogen and oxygen atoms in total. The van der Waals surface area contributed by atoms with E-state index in [1.54, 1.807) is 29.4 Å². The van der Waals surface area contributed by atoms with Gasteiger partial charge in [0, 0.05) is 69.3 Å². The summed E-state index contributed by atoms with van der Waals surface area (Å²) in [6.07, 6.45) is 5.97. The fourth-order valence-corrected chi connectivity index (χ4v) is 3.95. The zero-order valence-electron chi connectivity index (χ0n) is 17.2. The average molecular weight is 409 g/mol. The average Bonchev–Trinajstić information content (AvgIpc) is 3.23. The van der Waals surface area contributed by atoms with E-state index in [2.05, 4.69) is 25.1 Å². The van der Waals surface area contributed by atoms with E-state index in [-0.39, 0.29) is 11.8 Å². The fourth-order valence-electron chi connectivity index (χ4n) is 3.95. The van der Waals surface area contributed by atoms with Crippen LogP contribution >= 0.6 is 0 Å². The summed E-state index contributed by atoms with van der Waals surface area (Å²) in [5.74, 6) is 0.884. The molecule has 0 radical (unpaired) electrons. The molecule has 1 aromatic carbocycles. The van der Waals surface area contributed by atoms with Gasteiger partial charge in [-0.05, 0) is 49.7 Å². The molecule has 0 unspecified atom stereocenters. The molecule has 2 aliphatic heterocycles. The van der Waals surface area contributed by atoms with Crippen molar-refractivity contribution in [1.82, 2.24) is 20.2 Å². The Balaban J connectivity index is 1.15. The number of hydrogen-bond acceptors (Lipinski definition) is 6. The van der Waals surface area contributed by atoms with E-state index in [0.29, 0.717) is 18.5 Å². The number of aromatic nitrogens is 2. The summed E-state index contributed by atoms with van der Waals surface area (Å²) >= 11 is 0. The van der Waals surface area contributed by atoms with Crippen LogP contribution in [0.5, 0.6) is 0 Å². The van der Waals surface area contributed by atoms with Gasteiger partial charge in [0.1, 0.15) is 0 Å². The van der Waals surface area contributed by atoms with Crippen LogP contribution in [0.1, 0.15) is 29.6 Å². The molecule has 4 rings (SSSR count). The van der Waals surface area contributed by atoms with E-state index < -0.39 is 0 Å². The Bertz CT molecular complexity index is 850. The van der Waals surface area contributed by atoms with Gasteiger partial charge in [0.15, 0.2) is 0 Å². The molecular formula is C22H28N6O2. The first-order chi connectivity index (χ1) is 14.7. The summed E-state index contributed by atoms with van der Waals surface area (Å²) in [4.78, 5) is 39.2. The second kappa shape index (κ2) is 9.67. The van der Waals surface area contributed by atoms with Crippen molar-refractivity contribution in [3.63, 3.8) is 0 Å². The van der Waals surface area contributed by atoms with Crippen LogP contribution in [0, 0.1) is 0 Å². The van der Waals surface area contributed by atoms with Crippen molar-refractivity contribution >= 4 is 23.5 Å². The van der Waals surface area contributed by atoms with Crippen molar-refractivity contribution in [2.45, 2.75) is 19.3 Å². The lowest BCUT2D eigenvalue weighted by atomic mass is 10.2. The number of hydrogen-bond donors (Lipinski definition) is 1. The highest BCUT2D eigenvalue weighted by Gasteiger charge is 2.22. The van der Waals surface area contributed by atoms with Gasteiger partial charge >= 0.3 is 0 Å². The monoisotopic (exact) mass is 408 g/mol. The van der Waals surface area contributed by atoms with Gasteiger partial charge in [-0.25, -0.2) is 9.97 Å². The molecule has 1 aromatic heterocycles. The van der Waals surface area contributed by atoms with E-state index in [1.165, 1.54) is 0 Å². The predicted molar refractivity (Wildman–Crippen MR) is 116 cm³/mol. The highest BCUT2D eigenvalue weighted by Crippen LogP contribution is 2.21. The predicted octanol–water partition coefficient (Wildman–Crippen LogP) is 1.55. The summed E-state index contributed by atoms with van der Waals surface area (Å²) in [7, 11) is 0. The van der Waals surface area contributed by atoms with Gasteiger partial charge in [0.25, 0.3) is 5.91 Å². The van der Waals surface area contributed by atoms with Crippen molar-refractivity contribution in [3.05, 3.63) is 48.3 Å². The van der Waals surface area contributed by atoms with Crippen LogP contribution in [-0.2, 0) is 4.79 Å². The first kappa shape index (κ1) is 20.3. The van der Waals surface area contributed by atoms with Crippen LogP contribution < -0.4 is 15.1 Å². The van der Waals surface area contributed by atoms with E-state index in [4.69, 9.17) is 0 Å². The molecule has 1 N–H and O–H groups in total. The van der Waals surface area contributed by atoms with E-state index in [0.717, 1.165) is 63.7 Å². The minimum absolute atomic E-state index is 0.0691. The molecule has 8 heteroatoms. The number of rotatable bonds is 7. The first-order valence-electron chi connectivity index (χ1n) is 10.6. The van der Waals surface area contributed by atoms with E-state index in [9.17, 15) is 9.59 Å². The number of carbonyl (C=O) groups is 2. The van der Waals surface area contributed by atoms with Gasteiger partial charge in [-0.2, -0.15) is 0 Å². The lowest BCUT2D eigenvalue weighted by Gasteiger charge is -2.34. The number of amides is 2. The summed E-state index contributed by atoms with van der Waals surface area (Å²) in [5, 5.41) is 2.99. The molecule has 0 bridgehead atoms. The van der Waals surface area contributed by atoms with Crippen LogP contribution in [-0.4, -0.2) is 72.5 Å². The Hall–Kier alpha value is -3.00. The van der Waals surface area contributed by atoms with Gasteiger partial charge in [-0.3, -0.25) is 14.5 Å². The third-order valence-corrected chi connectivity index (χ3v) is 5.66. The van der Waals surface area contributed by atoms with Gasteiger partial charge < -0.3 is 15.1 Å². The van der Waals surface area contributed by atoms with Crippen LogP contribution in [0.3, 0.4) is 0 Å². The lowest BCUT2D eigenvalue weighted by Crippen LogP contribution is -2.47. The number of carbonyl (C=O) groups excluding carboxylic acids is 2. The zero-order valence-corrected chi connectivity index (χ0v) is 17.2. The molecule has 0 atom stereocenters. The third-order valence-electron chi connectivity index (χ3n) is 5.66.